The summed E-state index contributed by atoms with van der Waals surface area (Å²) < 4.78 is 9.61. The third-order valence-electron chi connectivity index (χ3n) is 4.31. The van der Waals surface area contributed by atoms with E-state index >= 15 is 0 Å². The van der Waals surface area contributed by atoms with Crippen LogP contribution < -0.4 is 5.32 Å². The lowest BCUT2D eigenvalue weighted by molar-refractivity contribution is -0.121. The fraction of sp³-hybridized carbons (Fsp3) is 0.353. The Bertz CT molecular complexity index is 836. The number of pyridine rings is 1. The van der Waals surface area contributed by atoms with Crippen molar-refractivity contribution in [1.82, 2.24) is 24.3 Å². The first-order valence-corrected chi connectivity index (χ1v) is 8.01. The SMILES string of the molecule is Cn1ccnc1[C@H]1OCC[C@@H]1NC(=O)Cc1cn2ccccc2n1. The Morgan fingerprint density at radius 3 is 3.12 bits per heavy atom. The Balaban J connectivity index is 1.44. The summed E-state index contributed by atoms with van der Waals surface area (Å²) in [5, 5.41) is 3.07. The number of amides is 1. The number of fused-ring (bicyclic) bond motifs is 1. The summed E-state index contributed by atoms with van der Waals surface area (Å²) in [5.74, 6) is 0.790. The van der Waals surface area contributed by atoms with E-state index in [1.165, 1.54) is 0 Å². The topological polar surface area (TPSA) is 73.5 Å². The van der Waals surface area contributed by atoms with E-state index in [-0.39, 0.29) is 24.5 Å². The number of nitrogens with one attached hydrogen (secondary N) is 1. The third kappa shape index (κ3) is 2.78. The van der Waals surface area contributed by atoms with E-state index in [1.54, 1.807) is 6.20 Å². The van der Waals surface area contributed by atoms with Gasteiger partial charge in [0.15, 0.2) is 0 Å². The molecule has 4 heterocycles. The molecule has 0 radical (unpaired) electrons. The van der Waals surface area contributed by atoms with Gasteiger partial charge in [-0.1, -0.05) is 6.07 Å². The molecule has 3 aromatic rings. The van der Waals surface area contributed by atoms with Gasteiger partial charge >= 0.3 is 0 Å². The summed E-state index contributed by atoms with van der Waals surface area (Å²) in [5.41, 5.74) is 1.60. The smallest absolute Gasteiger partial charge is 0.226 e. The number of nitrogens with zero attached hydrogens (tertiary/aromatic N) is 4. The van der Waals surface area contributed by atoms with Crippen molar-refractivity contribution in [3.8, 4) is 0 Å². The fourth-order valence-electron chi connectivity index (χ4n) is 3.14. The van der Waals surface area contributed by atoms with E-state index in [0.717, 1.165) is 23.6 Å². The lowest BCUT2D eigenvalue weighted by Gasteiger charge is -2.19. The van der Waals surface area contributed by atoms with E-state index in [4.69, 9.17) is 4.74 Å². The van der Waals surface area contributed by atoms with Crippen LogP contribution in [0.1, 0.15) is 24.0 Å². The number of rotatable bonds is 4. The van der Waals surface area contributed by atoms with Gasteiger partial charge in [-0.15, -0.1) is 0 Å². The average molecular weight is 325 g/mol. The summed E-state index contributed by atoms with van der Waals surface area (Å²) in [6, 6.07) is 5.73. The lowest BCUT2D eigenvalue weighted by atomic mass is 10.1. The van der Waals surface area contributed by atoms with E-state index < -0.39 is 0 Å². The molecular weight excluding hydrogens is 306 g/mol. The molecule has 7 nitrogen and oxygen atoms in total. The highest BCUT2D eigenvalue weighted by molar-refractivity contribution is 5.78. The molecule has 0 aliphatic carbocycles. The molecule has 1 N–H and O–H groups in total. The molecular formula is C17H19N5O2. The van der Waals surface area contributed by atoms with E-state index in [1.807, 2.05) is 52.8 Å². The molecule has 124 valence electrons. The molecule has 1 amide bonds. The van der Waals surface area contributed by atoms with Crippen LogP contribution in [0.2, 0.25) is 0 Å². The predicted molar refractivity (Wildman–Crippen MR) is 87.3 cm³/mol. The number of imidazole rings is 2. The molecule has 1 aliphatic rings. The van der Waals surface area contributed by atoms with Crippen LogP contribution in [0, 0.1) is 0 Å². The van der Waals surface area contributed by atoms with Gasteiger partial charge in [0.25, 0.3) is 0 Å². The molecule has 1 aliphatic heterocycles. The van der Waals surface area contributed by atoms with Crippen LogP contribution in [0.5, 0.6) is 0 Å². The van der Waals surface area contributed by atoms with Crippen LogP contribution in [-0.2, 0) is 23.0 Å². The fourth-order valence-corrected chi connectivity index (χ4v) is 3.14. The van der Waals surface area contributed by atoms with Gasteiger partial charge in [-0.3, -0.25) is 4.79 Å². The van der Waals surface area contributed by atoms with Crippen LogP contribution in [0.3, 0.4) is 0 Å². The number of aromatic nitrogens is 4. The number of ether oxygens (including phenoxy) is 1. The molecule has 1 saturated heterocycles. The molecule has 0 unspecified atom stereocenters. The zero-order valence-electron chi connectivity index (χ0n) is 13.4. The van der Waals surface area contributed by atoms with E-state index in [9.17, 15) is 4.79 Å². The summed E-state index contributed by atoms with van der Waals surface area (Å²) >= 11 is 0. The minimum atomic E-state index is -0.199. The van der Waals surface area contributed by atoms with Gasteiger partial charge < -0.3 is 19.0 Å². The summed E-state index contributed by atoms with van der Waals surface area (Å²) in [6.45, 7) is 0.622. The Morgan fingerprint density at radius 2 is 2.33 bits per heavy atom. The van der Waals surface area contributed by atoms with Gasteiger partial charge in [0.05, 0.1) is 18.2 Å². The van der Waals surface area contributed by atoms with Crippen LogP contribution in [0.15, 0.2) is 43.0 Å². The number of hydrogen-bond donors (Lipinski definition) is 1. The van der Waals surface area contributed by atoms with Gasteiger partial charge in [-0.25, -0.2) is 9.97 Å². The van der Waals surface area contributed by atoms with Crippen molar-refractivity contribution in [2.45, 2.75) is 25.0 Å². The van der Waals surface area contributed by atoms with Crippen LogP contribution in [0.4, 0.5) is 0 Å². The molecule has 0 aromatic carbocycles. The predicted octanol–water partition coefficient (Wildman–Crippen LogP) is 1.26. The highest BCUT2D eigenvalue weighted by Gasteiger charge is 2.33. The summed E-state index contributed by atoms with van der Waals surface area (Å²) in [4.78, 5) is 21.2. The maximum Gasteiger partial charge on any atom is 0.226 e. The van der Waals surface area contributed by atoms with Gasteiger partial charge in [-0.2, -0.15) is 0 Å². The first-order valence-electron chi connectivity index (χ1n) is 8.01. The summed E-state index contributed by atoms with van der Waals surface area (Å²) in [7, 11) is 1.93. The van der Waals surface area contributed by atoms with Crippen LogP contribution >= 0.6 is 0 Å². The third-order valence-corrected chi connectivity index (χ3v) is 4.31. The standard InChI is InChI=1S/C17H19N5O2/c1-21-8-6-18-17(21)16-13(5-9-24-16)20-15(23)10-12-11-22-7-3-2-4-14(22)19-12/h2-4,6-8,11,13,16H,5,9-10H2,1H3,(H,20,23)/t13-,16-/m0/s1. The van der Waals surface area contributed by atoms with E-state index in [0.29, 0.717) is 6.61 Å². The maximum absolute atomic E-state index is 12.4. The second-order valence-corrected chi connectivity index (χ2v) is 6.03. The minimum absolute atomic E-state index is 0.0480. The van der Waals surface area contributed by atoms with Crippen molar-refractivity contribution >= 4 is 11.6 Å². The van der Waals surface area contributed by atoms with Gasteiger partial charge in [0.2, 0.25) is 5.91 Å². The maximum atomic E-state index is 12.4. The van der Waals surface area contributed by atoms with Crippen molar-refractivity contribution in [3.05, 3.63) is 54.5 Å². The van der Waals surface area contributed by atoms with Gasteiger partial charge in [0, 0.05) is 38.4 Å². The second kappa shape index (κ2) is 6.09. The first-order chi connectivity index (χ1) is 11.7. The Labute approximate surface area is 139 Å². The van der Waals surface area contributed by atoms with Gasteiger partial charge in [0.1, 0.15) is 17.6 Å². The molecule has 0 saturated carbocycles. The highest BCUT2D eigenvalue weighted by Crippen LogP contribution is 2.27. The minimum Gasteiger partial charge on any atom is -0.368 e. The average Bonchev–Trinajstić information content (AvgIpc) is 3.26. The molecule has 3 aromatic heterocycles. The first kappa shape index (κ1) is 14.9. The Morgan fingerprint density at radius 1 is 1.42 bits per heavy atom. The monoisotopic (exact) mass is 325 g/mol. The number of aryl methyl sites for hydroxylation is 1. The number of carbonyl (C=O) groups is 1. The van der Waals surface area contributed by atoms with Crippen molar-refractivity contribution in [1.29, 1.82) is 0 Å². The molecule has 24 heavy (non-hydrogen) atoms. The van der Waals surface area contributed by atoms with Crippen LogP contribution in [0.25, 0.3) is 5.65 Å². The summed E-state index contributed by atoms with van der Waals surface area (Å²) in [6.07, 6.45) is 8.27. The number of carbonyl (C=O) groups excluding carboxylic acids is 1. The largest absolute Gasteiger partial charge is 0.368 e. The highest BCUT2D eigenvalue weighted by atomic mass is 16.5. The lowest BCUT2D eigenvalue weighted by Crippen LogP contribution is -2.38. The van der Waals surface area contributed by atoms with Crippen molar-refractivity contribution in [2.24, 2.45) is 7.05 Å². The Kier molecular flexibility index (Phi) is 3.78. The van der Waals surface area contributed by atoms with Crippen LogP contribution in [-0.4, -0.2) is 37.5 Å². The molecule has 0 spiro atoms. The molecule has 2 atom stereocenters. The zero-order valence-corrected chi connectivity index (χ0v) is 13.4. The van der Waals surface area contributed by atoms with Crippen molar-refractivity contribution in [3.63, 3.8) is 0 Å². The van der Waals surface area contributed by atoms with Gasteiger partial charge in [-0.05, 0) is 18.6 Å². The Hall–Kier alpha value is -2.67. The number of hydrogen-bond acceptors (Lipinski definition) is 4. The molecule has 1 fully saturated rings. The normalized spacial score (nSPS) is 20.5. The van der Waals surface area contributed by atoms with E-state index in [2.05, 4.69) is 15.3 Å². The quantitative estimate of drug-likeness (QED) is 0.784. The molecule has 7 heteroatoms. The van der Waals surface area contributed by atoms with Crippen molar-refractivity contribution in [2.75, 3.05) is 6.61 Å². The molecule has 0 bridgehead atoms. The zero-order chi connectivity index (χ0) is 16.5. The second-order valence-electron chi connectivity index (χ2n) is 6.03. The molecule has 4 rings (SSSR count). The van der Waals surface area contributed by atoms with Crippen molar-refractivity contribution < 1.29 is 9.53 Å².